The van der Waals surface area contributed by atoms with Gasteiger partial charge in [0, 0.05) is 15.1 Å². The van der Waals surface area contributed by atoms with Gasteiger partial charge in [0.25, 0.3) is 0 Å². The second-order valence-corrected chi connectivity index (χ2v) is 10.1. The lowest BCUT2D eigenvalue weighted by Crippen LogP contribution is -2.22. The van der Waals surface area contributed by atoms with Crippen LogP contribution in [0.5, 0.6) is 17.4 Å². The summed E-state index contributed by atoms with van der Waals surface area (Å²) in [5.41, 5.74) is 2.20. The molecule has 0 spiro atoms. The molecule has 8 nitrogen and oxygen atoms in total. The minimum Gasteiger partial charge on any atom is -0.496 e. The van der Waals surface area contributed by atoms with Gasteiger partial charge < -0.3 is 13.9 Å². The first-order chi connectivity index (χ1) is 18.9. The maximum absolute atomic E-state index is 13.5. The molecule has 4 heterocycles. The third-order valence-electron chi connectivity index (χ3n) is 6.64. The molecule has 0 N–H and O–H groups in total. The highest BCUT2D eigenvalue weighted by molar-refractivity contribution is 6.35. The Labute approximate surface area is 235 Å². The number of methoxy groups -OCH3 is 1. The Bertz CT molecular complexity index is 2020. The molecular formula is C28H15Cl3N4O4. The van der Waals surface area contributed by atoms with E-state index >= 15 is 0 Å². The Morgan fingerprint density at radius 3 is 2.59 bits per heavy atom. The van der Waals surface area contributed by atoms with Gasteiger partial charge in [-0.3, -0.25) is 0 Å². The van der Waals surface area contributed by atoms with Gasteiger partial charge >= 0.3 is 5.63 Å². The summed E-state index contributed by atoms with van der Waals surface area (Å²) in [7, 11) is 1.55. The Balaban J connectivity index is 1.56. The first kappa shape index (κ1) is 24.0. The van der Waals surface area contributed by atoms with E-state index in [-0.39, 0.29) is 11.4 Å². The van der Waals surface area contributed by atoms with Crippen molar-refractivity contribution in [3.8, 4) is 28.8 Å². The zero-order chi connectivity index (χ0) is 26.8. The molecule has 3 aromatic heterocycles. The first-order valence-electron chi connectivity index (χ1n) is 11.7. The molecule has 0 aliphatic carbocycles. The normalized spacial score (nSPS) is 14.2. The number of rotatable bonds is 3. The van der Waals surface area contributed by atoms with Crippen molar-refractivity contribution in [2.24, 2.45) is 0 Å². The molecule has 192 valence electrons. The van der Waals surface area contributed by atoms with Crippen molar-refractivity contribution in [3.05, 3.63) is 109 Å². The lowest BCUT2D eigenvalue weighted by molar-refractivity contribution is 0.416. The molecule has 0 saturated heterocycles. The summed E-state index contributed by atoms with van der Waals surface area (Å²) >= 11 is 19.2. The quantitative estimate of drug-likeness (QED) is 0.206. The number of fused-ring (bicyclic) bond motifs is 6. The van der Waals surface area contributed by atoms with Gasteiger partial charge in [-0.2, -0.15) is 0 Å². The van der Waals surface area contributed by atoms with Crippen LogP contribution in [0.4, 0.5) is 0 Å². The Hall–Kier alpha value is -4.11. The molecule has 0 bridgehead atoms. The van der Waals surface area contributed by atoms with Crippen molar-refractivity contribution in [3.63, 3.8) is 0 Å². The zero-order valence-corrected chi connectivity index (χ0v) is 22.3. The third kappa shape index (κ3) is 3.75. The Morgan fingerprint density at radius 2 is 1.77 bits per heavy atom. The fourth-order valence-electron chi connectivity index (χ4n) is 4.95. The van der Waals surface area contributed by atoms with E-state index in [1.807, 2.05) is 12.1 Å². The second-order valence-electron chi connectivity index (χ2n) is 8.84. The van der Waals surface area contributed by atoms with Gasteiger partial charge in [-0.25, -0.2) is 19.3 Å². The van der Waals surface area contributed by atoms with Crippen LogP contribution in [0.2, 0.25) is 15.1 Å². The number of aromatic nitrogens is 4. The summed E-state index contributed by atoms with van der Waals surface area (Å²) in [6.07, 6.45) is 1.50. The fraction of sp³-hybridized carbons (Fsp3) is 0.0714. The maximum Gasteiger partial charge on any atom is 0.344 e. The van der Waals surface area contributed by atoms with Crippen molar-refractivity contribution < 1.29 is 13.9 Å². The summed E-state index contributed by atoms with van der Waals surface area (Å²) in [5.74, 6) is 0.756. The van der Waals surface area contributed by atoms with Crippen molar-refractivity contribution >= 4 is 51.4 Å². The molecule has 39 heavy (non-hydrogen) atoms. The van der Waals surface area contributed by atoms with Crippen LogP contribution in [0.25, 0.3) is 28.0 Å². The number of hydrogen-bond acceptors (Lipinski definition) is 7. The van der Waals surface area contributed by atoms with Gasteiger partial charge in [0.15, 0.2) is 17.2 Å². The van der Waals surface area contributed by atoms with Gasteiger partial charge in [-0.1, -0.05) is 53.0 Å². The molecule has 3 aromatic carbocycles. The molecule has 0 fully saturated rings. The third-order valence-corrected chi connectivity index (χ3v) is 7.44. The van der Waals surface area contributed by atoms with Crippen molar-refractivity contribution in [2.75, 3.05) is 7.11 Å². The van der Waals surface area contributed by atoms with Gasteiger partial charge in [0.2, 0.25) is 5.88 Å². The van der Waals surface area contributed by atoms with Crippen molar-refractivity contribution in [1.29, 1.82) is 0 Å². The molecule has 6 aromatic rings. The molecular weight excluding hydrogens is 563 g/mol. The van der Waals surface area contributed by atoms with Crippen LogP contribution in [0.15, 0.2) is 76.2 Å². The highest BCUT2D eigenvalue weighted by Crippen LogP contribution is 2.50. The van der Waals surface area contributed by atoms with E-state index in [1.165, 1.54) is 10.8 Å². The molecule has 7 rings (SSSR count). The fourth-order valence-corrected chi connectivity index (χ4v) is 5.63. The van der Waals surface area contributed by atoms with Crippen LogP contribution >= 0.6 is 34.8 Å². The predicted molar refractivity (Wildman–Crippen MR) is 148 cm³/mol. The van der Waals surface area contributed by atoms with Crippen LogP contribution in [-0.2, 0) is 0 Å². The molecule has 0 saturated carbocycles. The standard InChI is InChI=1S/C28H15Cl3N4O4/c1-37-19-9-7-13(29)10-17(19)25-33-26-23-21(15-8-6-14(30)11-18(15)31)22-24(39-27(23)32-12-35(26)34-25)16-4-2-3-5-20(16)38-28(22)36/h2-12,21H,1H3. The number of benzene rings is 3. The van der Waals surface area contributed by atoms with Crippen LogP contribution < -0.4 is 15.1 Å². The van der Waals surface area contributed by atoms with Crippen LogP contribution in [0.3, 0.4) is 0 Å². The monoisotopic (exact) mass is 576 g/mol. The van der Waals surface area contributed by atoms with Gasteiger partial charge in [0.05, 0.1) is 35.1 Å². The summed E-state index contributed by atoms with van der Waals surface area (Å²) in [5, 5.41) is 6.56. The van der Waals surface area contributed by atoms with Crippen LogP contribution in [0.1, 0.15) is 22.6 Å². The number of nitrogens with zero attached hydrogens (tertiary/aromatic N) is 4. The molecule has 1 atom stereocenters. The minimum atomic E-state index is -0.746. The largest absolute Gasteiger partial charge is 0.496 e. The van der Waals surface area contributed by atoms with Crippen molar-refractivity contribution in [2.45, 2.75) is 5.92 Å². The summed E-state index contributed by atoms with van der Waals surface area (Å²) in [6.45, 7) is 0. The Kier molecular flexibility index (Phi) is 5.52. The van der Waals surface area contributed by atoms with Gasteiger partial charge in [-0.05, 0) is 48.0 Å². The Morgan fingerprint density at radius 1 is 0.974 bits per heavy atom. The minimum absolute atomic E-state index is 0.263. The lowest BCUT2D eigenvalue weighted by atomic mass is 9.84. The number of halogens is 3. The number of ether oxygens (including phenoxy) is 2. The molecule has 1 aliphatic rings. The first-order valence-corrected chi connectivity index (χ1v) is 12.8. The lowest BCUT2D eigenvalue weighted by Gasteiger charge is -2.27. The van der Waals surface area contributed by atoms with Gasteiger partial charge in [0.1, 0.15) is 17.7 Å². The summed E-state index contributed by atoms with van der Waals surface area (Å²) in [6, 6.07) is 17.4. The average Bonchev–Trinajstić information content (AvgIpc) is 3.37. The summed E-state index contributed by atoms with van der Waals surface area (Å²) < 4.78 is 19.1. The van der Waals surface area contributed by atoms with E-state index in [0.717, 1.165) is 0 Å². The zero-order valence-electron chi connectivity index (χ0n) is 20.0. The average molecular weight is 578 g/mol. The highest BCUT2D eigenvalue weighted by atomic mass is 35.5. The molecule has 1 unspecified atom stereocenters. The smallest absolute Gasteiger partial charge is 0.344 e. The van der Waals surface area contributed by atoms with Crippen LogP contribution in [-0.4, -0.2) is 26.7 Å². The topological polar surface area (TPSA) is 91.8 Å². The molecule has 1 aliphatic heterocycles. The number of para-hydroxylation sites is 1. The van der Waals surface area contributed by atoms with Gasteiger partial charge in [-0.15, -0.1) is 5.10 Å². The molecule has 0 radical (unpaired) electrons. The molecule has 11 heteroatoms. The van der Waals surface area contributed by atoms with E-state index in [0.29, 0.717) is 65.7 Å². The number of hydrogen-bond donors (Lipinski definition) is 0. The SMILES string of the molecule is COc1ccc(Cl)cc1-c1nc2c3c(ncn2n1)Oc1c(c(=O)oc2ccccc12)C3c1ccc(Cl)cc1Cl. The van der Waals surface area contributed by atoms with Crippen molar-refractivity contribution in [1.82, 2.24) is 19.6 Å². The predicted octanol–water partition coefficient (Wildman–Crippen LogP) is 7.15. The summed E-state index contributed by atoms with van der Waals surface area (Å²) in [4.78, 5) is 22.9. The second kappa shape index (κ2) is 8.98. The van der Waals surface area contributed by atoms with E-state index in [9.17, 15) is 4.79 Å². The van der Waals surface area contributed by atoms with E-state index < -0.39 is 11.5 Å². The van der Waals surface area contributed by atoms with Crippen LogP contribution in [0, 0.1) is 0 Å². The highest BCUT2D eigenvalue weighted by Gasteiger charge is 2.38. The van der Waals surface area contributed by atoms with E-state index in [1.54, 1.807) is 55.6 Å². The maximum atomic E-state index is 13.5. The molecule has 0 amide bonds. The van der Waals surface area contributed by atoms with E-state index in [2.05, 4.69) is 10.1 Å². The van der Waals surface area contributed by atoms with E-state index in [4.69, 9.17) is 53.7 Å².